The first kappa shape index (κ1) is 10.9. The Morgan fingerprint density at radius 2 is 2.18 bits per heavy atom. The normalized spacial score (nSPS) is 17.1. The van der Waals surface area contributed by atoms with Crippen LogP contribution < -0.4 is 5.73 Å². The van der Waals surface area contributed by atoms with Crippen LogP contribution in [0.25, 0.3) is 11.4 Å². The van der Waals surface area contributed by atoms with Gasteiger partial charge in [-0.2, -0.15) is 4.98 Å². The van der Waals surface area contributed by atoms with Crippen LogP contribution in [0, 0.1) is 5.82 Å². The number of nitrogens with zero attached hydrogens (tertiary/aromatic N) is 2. The maximum atomic E-state index is 13.0. The molecule has 1 fully saturated rings. The van der Waals surface area contributed by atoms with Crippen molar-refractivity contribution in [2.75, 3.05) is 0 Å². The molecule has 3 rings (SSSR count). The maximum absolute atomic E-state index is 13.0. The number of hydrogen-bond donors (Lipinski definition) is 1. The van der Waals surface area contributed by atoms with Gasteiger partial charge < -0.3 is 10.3 Å². The third-order valence-corrected chi connectivity index (χ3v) is 3.47. The van der Waals surface area contributed by atoms with Gasteiger partial charge in [-0.15, -0.1) is 0 Å². The van der Waals surface area contributed by atoms with Gasteiger partial charge in [-0.3, -0.25) is 0 Å². The van der Waals surface area contributed by atoms with E-state index in [4.69, 9.17) is 10.3 Å². The summed E-state index contributed by atoms with van der Waals surface area (Å²) >= 11 is 3.27. The summed E-state index contributed by atoms with van der Waals surface area (Å²) in [7, 11) is 0. The van der Waals surface area contributed by atoms with Crippen LogP contribution in [0.3, 0.4) is 0 Å². The summed E-state index contributed by atoms with van der Waals surface area (Å²) < 4.78 is 18.7. The lowest BCUT2D eigenvalue weighted by Gasteiger charge is -1.99. The molecule has 1 saturated carbocycles. The van der Waals surface area contributed by atoms with Gasteiger partial charge in [0.25, 0.3) is 0 Å². The molecule has 2 N–H and O–H groups in total. The first-order valence-electron chi connectivity index (χ1n) is 5.17. The Morgan fingerprint density at radius 1 is 1.41 bits per heavy atom. The van der Waals surface area contributed by atoms with Gasteiger partial charge in [-0.1, -0.05) is 5.16 Å². The smallest absolute Gasteiger partial charge is 0.247 e. The average Bonchev–Trinajstić information content (AvgIpc) is 2.85. The predicted octanol–water partition coefficient (Wildman–Crippen LogP) is 2.59. The molecule has 2 aromatic rings. The van der Waals surface area contributed by atoms with E-state index in [9.17, 15) is 4.39 Å². The first-order chi connectivity index (χ1) is 8.08. The number of hydrogen-bond acceptors (Lipinski definition) is 4. The highest BCUT2D eigenvalue weighted by Crippen LogP contribution is 2.42. The third-order valence-electron chi connectivity index (χ3n) is 2.81. The van der Waals surface area contributed by atoms with Gasteiger partial charge in [0, 0.05) is 10.0 Å². The lowest BCUT2D eigenvalue weighted by atomic mass is 10.2. The second-order valence-corrected chi connectivity index (χ2v) is 5.06. The van der Waals surface area contributed by atoms with E-state index in [1.807, 2.05) is 0 Å². The minimum absolute atomic E-state index is 0.318. The SMILES string of the molecule is NC1(c2nc(-c3ccc(F)cc3Br)no2)CC1. The topological polar surface area (TPSA) is 64.9 Å². The quantitative estimate of drug-likeness (QED) is 0.925. The molecule has 0 bridgehead atoms. The summed E-state index contributed by atoms with van der Waals surface area (Å²) in [6.45, 7) is 0. The zero-order chi connectivity index (χ0) is 12.0. The highest BCUT2D eigenvalue weighted by Gasteiger charge is 2.45. The lowest BCUT2D eigenvalue weighted by Crippen LogP contribution is -2.18. The van der Waals surface area contributed by atoms with Crippen LogP contribution in [-0.2, 0) is 5.54 Å². The minimum Gasteiger partial charge on any atom is -0.337 e. The van der Waals surface area contributed by atoms with E-state index in [0.29, 0.717) is 21.8 Å². The largest absolute Gasteiger partial charge is 0.337 e. The van der Waals surface area contributed by atoms with Crippen molar-refractivity contribution in [2.24, 2.45) is 5.73 Å². The molecule has 0 spiro atoms. The Hall–Kier alpha value is -1.27. The number of aromatic nitrogens is 2. The van der Waals surface area contributed by atoms with Crippen molar-refractivity contribution in [1.29, 1.82) is 0 Å². The average molecular weight is 298 g/mol. The number of rotatable bonds is 2. The molecule has 1 heterocycles. The second-order valence-electron chi connectivity index (χ2n) is 4.20. The molecule has 0 unspecified atom stereocenters. The van der Waals surface area contributed by atoms with Crippen LogP contribution >= 0.6 is 15.9 Å². The van der Waals surface area contributed by atoms with Gasteiger partial charge in [0.1, 0.15) is 5.82 Å². The molecule has 0 radical (unpaired) electrons. The van der Waals surface area contributed by atoms with Crippen LogP contribution in [0.4, 0.5) is 4.39 Å². The van der Waals surface area contributed by atoms with Crippen LogP contribution in [-0.4, -0.2) is 10.1 Å². The van der Waals surface area contributed by atoms with E-state index in [-0.39, 0.29) is 5.82 Å². The Balaban J connectivity index is 2.01. The van der Waals surface area contributed by atoms with Crippen molar-refractivity contribution in [2.45, 2.75) is 18.4 Å². The van der Waals surface area contributed by atoms with Crippen molar-refractivity contribution in [3.8, 4) is 11.4 Å². The first-order valence-corrected chi connectivity index (χ1v) is 5.96. The molecule has 0 aliphatic heterocycles. The van der Waals surface area contributed by atoms with Gasteiger partial charge in [0.15, 0.2) is 0 Å². The molecule has 88 valence electrons. The van der Waals surface area contributed by atoms with Crippen molar-refractivity contribution in [1.82, 2.24) is 10.1 Å². The van der Waals surface area contributed by atoms with E-state index in [2.05, 4.69) is 26.1 Å². The van der Waals surface area contributed by atoms with E-state index < -0.39 is 5.54 Å². The Bertz CT molecular complexity index is 580. The van der Waals surface area contributed by atoms with E-state index in [1.165, 1.54) is 12.1 Å². The standard InChI is InChI=1S/C11H9BrFN3O/c12-8-5-6(13)1-2-7(8)9-15-10(17-16-9)11(14)3-4-11/h1-2,5H,3-4,14H2. The zero-order valence-corrected chi connectivity index (χ0v) is 10.4. The molecule has 0 atom stereocenters. The summed E-state index contributed by atoms with van der Waals surface area (Å²) in [6, 6.07) is 4.32. The van der Waals surface area contributed by atoms with Crippen molar-refractivity contribution in [3.05, 3.63) is 34.4 Å². The maximum Gasteiger partial charge on any atom is 0.247 e. The summed E-state index contributed by atoms with van der Waals surface area (Å²) in [5.41, 5.74) is 6.19. The summed E-state index contributed by atoms with van der Waals surface area (Å²) in [6.07, 6.45) is 1.72. The summed E-state index contributed by atoms with van der Waals surface area (Å²) in [5.74, 6) is 0.550. The molecule has 1 aromatic carbocycles. The monoisotopic (exact) mass is 297 g/mol. The Labute approximate surface area is 105 Å². The number of halogens is 2. The molecule has 1 aromatic heterocycles. The molecule has 6 heteroatoms. The minimum atomic E-state index is -0.447. The summed E-state index contributed by atoms with van der Waals surface area (Å²) in [5, 5.41) is 3.86. The van der Waals surface area contributed by atoms with Gasteiger partial charge >= 0.3 is 0 Å². The van der Waals surface area contributed by atoms with Crippen LogP contribution in [0.15, 0.2) is 27.2 Å². The van der Waals surface area contributed by atoms with E-state index in [1.54, 1.807) is 6.07 Å². The predicted molar refractivity (Wildman–Crippen MR) is 62.5 cm³/mol. The van der Waals surface area contributed by atoms with E-state index in [0.717, 1.165) is 12.8 Å². The Morgan fingerprint density at radius 3 is 2.82 bits per heavy atom. The molecule has 1 aliphatic carbocycles. The second kappa shape index (κ2) is 3.61. The zero-order valence-electron chi connectivity index (χ0n) is 8.78. The Kier molecular flexibility index (Phi) is 2.31. The number of nitrogens with two attached hydrogens (primary N) is 1. The molecule has 4 nitrogen and oxygen atoms in total. The van der Waals surface area contributed by atoms with Crippen molar-refractivity contribution in [3.63, 3.8) is 0 Å². The van der Waals surface area contributed by atoms with Crippen molar-refractivity contribution >= 4 is 15.9 Å². The molecule has 17 heavy (non-hydrogen) atoms. The highest BCUT2D eigenvalue weighted by atomic mass is 79.9. The van der Waals surface area contributed by atoms with Gasteiger partial charge in [-0.25, -0.2) is 4.39 Å². The highest BCUT2D eigenvalue weighted by molar-refractivity contribution is 9.10. The van der Waals surface area contributed by atoms with Gasteiger partial charge in [0.05, 0.1) is 5.54 Å². The summed E-state index contributed by atoms with van der Waals surface area (Å²) in [4.78, 5) is 4.25. The molecular weight excluding hydrogens is 289 g/mol. The van der Waals surface area contributed by atoms with E-state index >= 15 is 0 Å². The lowest BCUT2D eigenvalue weighted by molar-refractivity contribution is 0.348. The fourth-order valence-electron chi connectivity index (χ4n) is 1.55. The molecular formula is C11H9BrFN3O. The van der Waals surface area contributed by atoms with Crippen LogP contribution in [0.2, 0.25) is 0 Å². The van der Waals surface area contributed by atoms with Crippen LogP contribution in [0.1, 0.15) is 18.7 Å². The molecule has 0 amide bonds. The van der Waals surface area contributed by atoms with Gasteiger partial charge in [0.2, 0.25) is 11.7 Å². The van der Waals surface area contributed by atoms with Gasteiger partial charge in [-0.05, 0) is 47.0 Å². The fourth-order valence-corrected chi connectivity index (χ4v) is 2.08. The number of benzene rings is 1. The molecule has 1 aliphatic rings. The molecule has 0 saturated heterocycles. The van der Waals surface area contributed by atoms with Crippen LogP contribution in [0.5, 0.6) is 0 Å². The van der Waals surface area contributed by atoms with Crippen molar-refractivity contribution < 1.29 is 8.91 Å². The fraction of sp³-hybridized carbons (Fsp3) is 0.273. The third kappa shape index (κ3) is 1.87.